The minimum atomic E-state index is -4.54. The molecule has 2 N–H and O–H groups in total. The van der Waals surface area contributed by atoms with Crippen LogP contribution in [0.1, 0.15) is 5.69 Å². The fourth-order valence-corrected chi connectivity index (χ4v) is 1.25. The predicted octanol–water partition coefficient (Wildman–Crippen LogP) is 2.34. The van der Waals surface area contributed by atoms with Crippen LogP contribution in [0.25, 0.3) is 11.3 Å². The van der Waals surface area contributed by atoms with Gasteiger partial charge in [0, 0.05) is 17.8 Å². The molecule has 16 heavy (non-hydrogen) atoms. The van der Waals surface area contributed by atoms with Crippen molar-refractivity contribution in [2.75, 3.05) is 5.73 Å². The van der Waals surface area contributed by atoms with Crippen LogP contribution in [0, 0.1) is 0 Å². The van der Waals surface area contributed by atoms with Gasteiger partial charge >= 0.3 is 6.18 Å². The lowest BCUT2D eigenvalue weighted by atomic mass is 10.1. The van der Waals surface area contributed by atoms with Gasteiger partial charge in [0.1, 0.15) is 5.69 Å². The molecule has 0 saturated carbocycles. The Hall–Kier alpha value is -2.05. The fraction of sp³-hybridized carbons (Fsp3) is 0.111. The van der Waals surface area contributed by atoms with Gasteiger partial charge in [-0.25, -0.2) is 0 Å². The van der Waals surface area contributed by atoms with E-state index < -0.39 is 11.9 Å². The maximum atomic E-state index is 12.6. The summed E-state index contributed by atoms with van der Waals surface area (Å²) < 4.78 is 42.3. The predicted molar refractivity (Wildman–Crippen MR) is 49.1 cm³/mol. The minimum absolute atomic E-state index is 0.0120. The van der Waals surface area contributed by atoms with Crippen molar-refractivity contribution in [2.24, 2.45) is 0 Å². The van der Waals surface area contributed by atoms with Crippen molar-refractivity contribution in [3.63, 3.8) is 0 Å². The summed E-state index contributed by atoms with van der Waals surface area (Å²) in [7, 11) is 0. The van der Waals surface area contributed by atoms with Crippen LogP contribution in [0.4, 0.5) is 19.1 Å². The lowest BCUT2D eigenvalue weighted by Gasteiger charge is -2.08. The number of nitrogens with zero attached hydrogens (tertiary/aromatic N) is 2. The molecule has 0 aliphatic rings. The highest BCUT2D eigenvalue weighted by Gasteiger charge is 2.36. The van der Waals surface area contributed by atoms with E-state index in [-0.39, 0.29) is 17.1 Å². The molecule has 0 spiro atoms. The van der Waals surface area contributed by atoms with E-state index in [1.165, 1.54) is 18.2 Å². The van der Waals surface area contributed by atoms with Crippen molar-refractivity contribution in [1.29, 1.82) is 0 Å². The fourth-order valence-electron chi connectivity index (χ4n) is 1.25. The van der Waals surface area contributed by atoms with Crippen LogP contribution in [0.2, 0.25) is 0 Å². The Balaban J connectivity index is 2.57. The Kier molecular flexibility index (Phi) is 2.30. The van der Waals surface area contributed by atoms with E-state index in [1.54, 1.807) is 0 Å². The molecule has 4 nitrogen and oxygen atoms in total. The van der Waals surface area contributed by atoms with Crippen LogP contribution in [0.3, 0.4) is 0 Å². The highest BCUT2D eigenvalue weighted by molar-refractivity contribution is 5.64. The zero-order chi connectivity index (χ0) is 11.8. The molecule has 0 aliphatic heterocycles. The zero-order valence-electron chi connectivity index (χ0n) is 7.82. The molecule has 84 valence electrons. The summed E-state index contributed by atoms with van der Waals surface area (Å²) in [5, 5.41) is 3.42. The van der Waals surface area contributed by atoms with Gasteiger partial charge < -0.3 is 10.3 Å². The Morgan fingerprint density at radius 2 is 2.06 bits per heavy atom. The molecule has 2 aromatic rings. The molecule has 0 radical (unpaired) electrons. The molecule has 7 heteroatoms. The molecule has 0 saturated heterocycles. The van der Waals surface area contributed by atoms with Crippen LogP contribution in [0.5, 0.6) is 0 Å². The van der Waals surface area contributed by atoms with E-state index in [0.29, 0.717) is 0 Å². The number of aromatic nitrogens is 2. The van der Waals surface area contributed by atoms with Crippen molar-refractivity contribution in [3.8, 4) is 11.3 Å². The summed E-state index contributed by atoms with van der Waals surface area (Å²) in [5.41, 5.74) is 4.09. The maximum absolute atomic E-state index is 12.6. The number of nitrogens with two attached hydrogens (primary N) is 1. The molecule has 0 unspecified atom stereocenters. The highest BCUT2D eigenvalue weighted by Crippen LogP contribution is 2.35. The molecule has 0 bridgehead atoms. The SMILES string of the molecule is Nc1cc(-c2cccnc2C(F)(F)F)no1. The smallest absolute Gasteiger partial charge is 0.368 e. The summed E-state index contributed by atoms with van der Waals surface area (Å²) in [6.45, 7) is 0. The lowest BCUT2D eigenvalue weighted by Crippen LogP contribution is -2.09. The van der Waals surface area contributed by atoms with E-state index in [4.69, 9.17) is 5.73 Å². The largest absolute Gasteiger partial charge is 0.434 e. The van der Waals surface area contributed by atoms with E-state index in [0.717, 1.165) is 6.20 Å². The number of hydrogen-bond donors (Lipinski definition) is 1. The third-order valence-corrected chi connectivity index (χ3v) is 1.88. The van der Waals surface area contributed by atoms with Crippen LogP contribution in [0.15, 0.2) is 28.9 Å². The van der Waals surface area contributed by atoms with Gasteiger partial charge in [-0.1, -0.05) is 5.16 Å². The van der Waals surface area contributed by atoms with Gasteiger partial charge in [-0.3, -0.25) is 4.98 Å². The van der Waals surface area contributed by atoms with Crippen LogP contribution >= 0.6 is 0 Å². The zero-order valence-corrected chi connectivity index (χ0v) is 7.82. The van der Waals surface area contributed by atoms with Gasteiger partial charge in [-0.2, -0.15) is 13.2 Å². The molecule has 0 aliphatic carbocycles. The Labute approximate surface area is 87.9 Å². The second-order valence-electron chi connectivity index (χ2n) is 3.01. The van der Waals surface area contributed by atoms with Gasteiger partial charge in [0.05, 0.1) is 0 Å². The highest BCUT2D eigenvalue weighted by atomic mass is 19.4. The third kappa shape index (κ3) is 1.83. The second kappa shape index (κ2) is 3.51. The molecule has 2 heterocycles. The third-order valence-electron chi connectivity index (χ3n) is 1.88. The van der Waals surface area contributed by atoms with Crippen LogP contribution in [-0.4, -0.2) is 10.1 Å². The average molecular weight is 229 g/mol. The Morgan fingerprint density at radius 3 is 2.62 bits per heavy atom. The maximum Gasteiger partial charge on any atom is 0.434 e. The number of alkyl halides is 3. The first-order chi connectivity index (χ1) is 7.48. The van der Waals surface area contributed by atoms with Crippen molar-refractivity contribution >= 4 is 5.88 Å². The quantitative estimate of drug-likeness (QED) is 0.815. The number of hydrogen-bond acceptors (Lipinski definition) is 4. The summed E-state index contributed by atoms with van der Waals surface area (Å²) in [4.78, 5) is 3.29. The van der Waals surface area contributed by atoms with Crippen LogP contribution in [-0.2, 0) is 6.18 Å². The van der Waals surface area contributed by atoms with Crippen LogP contribution < -0.4 is 5.73 Å². The summed E-state index contributed by atoms with van der Waals surface area (Å²) in [6, 6.07) is 3.86. The summed E-state index contributed by atoms with van der Waals surface area (Å²) >= 11 is 0. The van der Waals surface area contributed by atoms with Gasteiger partial charge in [0.25, 0.3) is 0 Å². The number of halogens is 3. The lowest BCUT2D eigenvalue weighted by molar-refractivity contribution is -0.140. The van der Waals surface area contributed by atoms with Gasteiger partial charge in [-0.15, -0.1) is 0 Å². The molecule has 2 rings (SSSR count). The normalized spacial score (nSPS) is 11.7. The van der Waals surface area contributed by atoms with Crippen molar-refractivity contribution < 1.29 is 17.7 Å². The first-order valence-electron chi connectivity index (χ1n) is 4.23. The number of pyridine rings is 1. The standard InChI is InChI=1S/C9H6F3N3O/c10-9(11,12)8-5(2-1-3-14-8)6-4-7(13)16-15-6/h1-4H,13H2. The number of anilines is 1. The van der Waals surface area contributed by atoms with E-state index in [2.05, 4.69) is 14.7 Å². The first kappa shape index (κ1) is 10.5. The molecular weight excluding hydrogens is 223 g/mol. The van der Waals surface area contributed by atoms with Crippen molar-refractivity contribution in [2.45, 2.75) is 6.18 Å². The first-order valence-corrected chi connectivity index (χ1v) is 4.23. The van der Waals surface area contributed by atoms with Crippen molar-refractivity contribution in [3.05, 3.63) is 30.1 Å². The molecular formula is C9H6F3N3O. The minimum Gasteiger partial charge on any atom is -0.368 e. The molecule has 0 atom stereocenters. The monoisotopic (exact) mass is 229 g/mol. The van der Waals surface area contributed by atoms with E-state index in [1.807, 2.05) is 0 Å². The Bertz CT molecular complexity index is 507. The summed E-state index contributed by atoms with van der Waals surface area (Å²) in [6.07, 6.45) is -3.47. The second-order valence-corrected chi connectivity index (χ2v) is 3.01. The van der Waals surface area contributed by atoms with Gasteiger partial charge in [0.2, 0.25) is 5.88 Å². The topological polar surface area (TPSA) is 64.9 Å². The van der Waals surface area contributed by atoms with E-state index in [9.17, 15) is 13.2 Å². The molecule has 0 fully saturated rings. The number of rotatable bonds is 1. The van der Waals surface area contributed by atoms with Gasteiger partial charge in [0.15, 0.2) is 5.69 Å². The Morgan fingerprint density at radius 1 is 1.31 bits per heavy atom. The number of nitrogen functional groups attached to an aromatic ring is 1. The summed E-state index contributed by atoms with van der Waals surface area (Å²) in [5.74, 6) is -0.0491. The molecule has 2 aromatic heterocycles. The molecule has 0 amide bonds. The van der Waals surface area contributed by atoms with Crippen molar-refractivity contribution in [1.82, 2.24) is 10.1 Å². The van der Waals surface area contributed by atoms with E-state index >= 15 is 0 Å². The molecule has 0 aromatic carbocycles. The average Bonchev–Trinajstić information content (AvgIpc) is 2.64. The van der Waals surface area contributed by atoms with Gasteiger partial charge in [-0.05, 0) is 12.1 Å².